The van der Waals surface area contributed by atoms with Gasteiger partial charge in [0.15, 0.2) is 11.5 Å². The number of ether oxygens (including phenoxy) is 4. The Kier molecular flexibility index (Phi) is 8.79. The summed E-state index contributed by atoms with van der Waals surface area (Å²) >= 11 is 6.23. The summed E-state index contributed by atoms with van der Waals surface area (Å²) in [6.07, 6.45) is 0.118. The molecule has 1 aliphatic rings. The Labute approximate surface area is 240 Å². The van der Waals surface area contributed by atoms with Crippen LogP contribution in [0.3, 0.4) is 0 Å². The van der Waals surface area contributed by atoms with E-state index in [1.165, 1.54) is 7.11 Å². The summed E-state index contributed by atoms with van der Waals surface area (Å²) in [6.45, 7) is 5.98. The molecule has 1 aliphatic heterocycles. The van der Waals surface area contributed by atoms with Gasteiger partial charge in [0.05, 0.1) is 39.0 Å². The molecule has 9 heteroatoms. The molecule has 3 aromatic carbocycles. The molecule has 0 spiro atoms. The predicted molar refractivity (Wildman–Crippen MR) is 155 cm³/mol. The molecule has 0 unspecified atom stereocenters. The van der Waals surface area contributed by atoms with Crippen LogP contribution in [0.4, 0.5) is 10.5 Å². The zero-order valence-electron chi connectivity index (χ0n) is 23.6. The molecule has 1 heterocycles. The molecule has 2 atom stereocenters. The lowest BCUT2D eigenvalue weighted by molar-refractivity contribution is 0.00738. The van der Waals surface area contributed by atoms with Gasteiger partial charge in [-0.3, -0.25) is 4.90 Å². The maximum atomic E-state index is 13.9. The quantitative estimate of drug-likeness (QED) is 0.326. The van der Waals surface area contributed by atoms with Crippen molar-refractivity contribution in [3.63, 3.8) is 0 Å². The normalized spacial score (nSPS) is 16.5. The summed E-state index contributed by atoms with van der Waals surface area (Å²) in [5, 5.41) is 4.03. The second-order valence-corrected chi connectivity index (χ2v) is 11.0. The van der Waals surface area contributed by atoms with Crippen LogP contribution in [0.25, 0.3) is 0 Å². The van der Waals surface area contributed by atoms with Crippen LogP contribution in [0.2, 0.25) is 5.02 Å². The SMILES string of the molecule is COC(=O)c1ccc(NC[C@@H]2Cc3cc(OC)c(OC)cc3[C@H](c3ccc(Cl)cc3)N2C(=O)OC(C)(C)C)cc1. The number of benzene rings is 3. The first-order valence-corrected chi connectivity index (χ1v) is 13.4. The van der Waals surface area contributed by atoms with E-state index in [1.54, 1.807) is 31.3 Å². The zero-order valence-corrected chi connectivity index (χ0v) is 24.4. The van der Waals surface area contributed by atoms with Crippen molar-refractivity contribution in [1.29, 1.82) is 0 Å². The van der Waals surface area contributed by atoms with E-state index in [9.17, 15) is 9.59 Å². The van der Waals surface area contributed by atoms with Crippen molar-refractivity contribution in [2.24, 2.45) is 0 Å². The summed E-state index contributed by atoms with van der Waals surface area (Å²) in [6, 6.07) is 17.6. The number of carbonyl (C=O) groups is 2. The molecule has 4 rings (SSSR count). The zero-order chi connectivity index (χ0) is 29.0. The number of amides is 1. The smallest absolute Gasteiger partial charge is 0.411 e. The van der Waals surface area contributed by atoms with E-state index in [4.69, 9.17) is 30.5 Å². The van der Waals surface area contributed by atoms with Crippen LogP contribution in [0.15, 0.2) is 60.7 Å². The van der Waals surface area contributed by atoms with Gasteiger partial charge in [-0.05, 0) is 92.4 Å². The molecule has 8 nitrogen and oxygen atoms in total. The van der Waals surface area contributed by atoms with E-state index in [0.717, 1.165) is 22.4 Å². The van der Waals surface area contributed by atoms with Crippen LogP contribution in [0.5, 0.6) is 11.5 Å². The monoisotopic (exact) mass is 566 g/mol. The van der Waals surface area contributed by atoms with E-state index >= 15 is 0 Å². The number of anilines is 1. The van der Waals surface area contributed by atoms with Gasteiger partial charge in [-0.2, -0.15) is 0 Å². The summed E-state index contributed by atoms with van der Waals surface area (Å²) in [4.78, 5) is 27.5. The maximum Gasteiger partial charge on any atom is 0.411 e. The molecule has 0 aromatic heterocycles. The maximum absolute atomic E-state index is 13.9. The largest absolute Gasteiger partial charge is 0.493 e. The van der Waals surface area contributed by atoms with Crippen molar-refractivity contribution in [2.45, 2.75) is 44.9 Å². The summed E-state index contributed by atoms with van der Waals surface area (Å²) in [5.41, 5.74) is 3.41. The lowest BCUT2D eigenvalue weighted by Gasteiger charge is -2.44. The lowest BCUT2D eigenvalue weighted by Crippen LogP contribution is -2.52. The molecule has 1 N–H and O–H groups in total. The van der Waals surface area contributed by atoms with Gasteiger partial charge in [-0.1, -0.05) is 23.7 Å². The van der Waals surface area contributed by atoms with Gasteiger partial charge in [0.1, 0.15) is 5.60 Å². The third kappa shape index (κ3) is 6.45. The number of esters is 1. The fourth-order valence-electron chi connectivity index (χ4n) is 4.88. The molecule has 0 fully saturated rings. The lowest BCUT2D eigenvalue weighted by atomic mass is 9.84. The second-order valence-electron chi connectivity index (χ2n) is 10.6. The standard InChI is InChI=1S/C31H35ClN2O6/c1-31(2,3)40-30(36)34-24(18-33-23-13-9-20(10-14-23)29(35)39-6)15-21-16-26(37-4)27(38-5)17-25(21)28(34)19-7-11-22(32)12-8-19/h7-14,16-17,24,28,33H,15,18H2,1-6H3/t24-,28-/m0/s1. The number of carbonyl (C=O) groups excluding carboxylic acids is 2. The average molecular weight is 567 g/mol. The predicted octanol–water partition coefficient (Wildman–Crippen LogP) is 6.51. The number of methoxy groups -OCH3 is 3. The molecule has 0 saturated carbocycles. The van der Waals surface area contributed by atoms with E-state index < -0.39 is 23.7 Å². The van der Waals surface area contributed by atoms with Crippen LogP contribution in [0, 0.1) is 0 Å². The number of nitrogens with zero attached hydrogens (tertiary/aromatic N) is 1. The molecular weight excluding hydrogens is 532 g/mol. The van der Waals surface area contributed by atoms with Gasteiger partial charge in [-0.25, -0.2) is 9.59 Å². The highest BCUT2D eigenvalue weighted by atomic mass is 35.5. The van der Waals surface area contributed by atoms with Gasteiger partial charge in [0.2, 0.25) is 0 Å². The van der Waals surface area contributed by atoms with Crippen molar-refractivity contribution in [1.82, 2.24) is 4.90 Å². The molecule has 0 bridgehead atoms. The van der Waals surface area contributed by atoms with E-state index in [1.807, 2.05) is 69.3 Å². The van der Waals surface area contributed by atoms with Crippen LogP contribution >= 0.6 is 11.6 Å². The Morgan fingerprint density at radius 2 is 1.57 bits per heavy atom. The molecule has 0 aliphatic carbocycles. The highest BCUT2D eigenvalue weighted by Gasteiger charge is 2.41. The van der Waals surface area contributed by atoms with Gasteiger partial charge >= 0.3 is 12.1 Å². The number of nitrogens with one attached hydrogen (secondary N) is 1. The fraction of sp³-hybridized carbons (Fsp3) is 0.355. The van der Waals surface area contributed by atoms with Crippen molar-refractivity contribution < 1.29 is 28.5 Å². The number of fused-ring (bicyclic) bond motifs is 1. The fourth-order valence-corrected chi connectivity index (χ4v) is 5.01. The Morgan fingerprint density at radius 1 is 0.950 bits per heavy atom. The summed E-state index contributed by atoms with van der Waals surface area (Å²) in [7, 11) is 4.55. The number of hydrogen-bond donors (Lipinski definition) is 1. The third-order valence-electron chi connectivity index (χ3n) is 6.70. The van der Waals surface area contributed by atoms with Crippen LogP contribution < -0.4 is 14.8 Å². The first kappa shape index (κ1) is 29.1. The van der Waals surface area contributed by atoms with Crippen LogP contribution in [0.1, 0.15) is 53.9 Å². The molecule has 0 saturated heterocycles. The minimum absolute atomic E-state index is 0.290. The van der Waals surface area contributed by atoms with Crippen LogP contribution in [-0.2, 0) is 15.9 Å². The van der Waals surface area contributed by atoms with E-state index in [2.05, 4.69) is 5.32 Å². The first-order chi connectivity index (χ1) is 19.0. The third-order valence-corrected chi connectivity index (χ3v) is 6.96. The Hall–Kier alpha value is -3.91. The van der Waals surface area contributed by atoms with Gasteiger partial charge < -0.3 is 24.3 Å². The van der Waals surface area contributed by atoms with E-state index in [-0.39, 0.29) is 6.04 Å². The Morgan fingerprint density at radius 3 is 2.15 bits per heavy atom. The Bertz CT molecular complexity index is 1350. The molecule has 0 radical (unpaired) electrons. The first-order valence-electron chi connectivity index (χ1n) is 13.0. The molecule has 3 aromatic rings. The average Bonchev–Trinajstić information content (AvgIpc) is 2.93. The minimum Gasteiger partial charge on any atom is -0.493 e. The van der Waals surface area contributed by atoms with Gasteiger partial charge in [-0.15, -0.1) is 0 Å². The van der Waals surface area contributed by atoms with Crippen molar-refractivity contribution in [3.8, 4) is 11.5 Å². The van der Waals surface area contributed by atoms with Crippen LogP contribution in [-0.4, -0.2) is 56.5 Å². The van der Waals surface area contributed by atoms with Crippen molar-refractivity contribution in [2.75, 3.05) is 33.2 Å². The number of rotatable bonds is 7. The summed E-state index contributed by atoms with van der Waals surface area (Å²) in [5.74, 6) is 0.792. The molecule has 212 valence electrons. The van der Waals surface area contributed by atoms with E-state index in [0.29, 0.717) is 35.1 Å². The highest BCUT2D eigenvalue weighted by molar-refractivity contribution is 6.30. The van der Waals surface area contributed by atoms with Crippen molar-refractivity contribution in [3.05, 3.63) is 87.9 Å². The summed E-state index contributed by atoms with van der Waals surface area (Å²) < 4.78 is 22.0. The topological polar surface area (TPSA) is 86.3 Å². The second kappa shape index (κ2) is 12.1. The van der Waals surface area contributed by atoms with Gasteiger partial charge in [0, 0.05) is 17.3 Å². The number of halogens is 1. The molecular formula is C31H35ClN2O6. The Balaban J connectivity index is 1.78. The highest BCUT2D eigenvalue weighted by Crippen LogP contribution is 2.43. The minimum atomic E-state index is -0.693. The van der Waals surface area contributed by atoms with Crippen molar-refractivity contribution >= 4 is 29.4 Å². The van der Waals surface area contributed by atoms with Gasteiger partial charge in [0.25, 0.3) is 0 Å². The molecule has 1 amide bonds. The molecule has 40 heavy (non-hydrogen) atoms. The number of hydrogen-bond acceptors (Lipinski definition) is 7.